The van der Waals surface area contributed by atoms with Crippen molar-refractivity contribution in [3.63, 3.8) is 0 Å². The van der Waals surface area contributed by atoms with E-state index < -0.39 is 4.92 Å². The molecule has 0 bridgehead atoms. The van der Waals surface area contributed by atoms with Crippen molar-refractivity contribution in [1.29, 1.82) is 0 Å². The molecule has 0 spiro atoms. The summed E-state index contributed by atoms with van der Waals surface area (Å²) in [6.07, 6.45) is 8.40. The summed E-state index contributed by atoms with van der Waals surface area (Å²) in [6, 6.07) is 8.37. The van der Waals surface area contributed by atoms with Crippen molar-refractivity contribution in [1.82, 2.24) is 9.80 Å². The molecule has 51 heavy (non-hydrogen) atoms. The molecule has 0 saturated carbocycles. The number of carbonyl (C=O) groups excluding carboxylic acids is 2. The number of nitrogens with zero attached hydrogens (tertiary/aromatic N) is 3. The number of hydrogen-bond acceptors (Lipinski definition) is 11. The minimum atomic E-state index is -0.517. The SMILES string of the molecule is CCSC(SCC)[C@@H]1CCCN1C(=O)c1cc(OC)c(OCCCCCCOc2ccc(/C=C/C(=O)N3CCOCC3)cc2OC)cc1[N+](=O)[O-]. The maximum Gasteiger partial charge on any atom is 0.286 e. The first kappa shape index (κ1) is 40.2. The standard InChI is InChI=1S/C37H51N3O9S2/c1-5-50-37(51-6-2)29-12-11-17-39(29)36(42)28-25-33(46-4)34(26-30(28)40(43)44)49-21-10-8-7-9-20-48-31-15-13-27(24-32(31)45-3)14-16-35(41)38-18-22-47-23-19-38/h13-16,24-26,29,37H,5-12,17-23H2,1-4H3/b16-14+/t29-/m0/s1. The summed E-state index contributed by atoms with van der Waals surface area (Å²) in [5, 5.41) is 12.1. The van der Waals surface area contributed by atoms with Crippen LogP contribution in [-0.2, 0) is 9.53 Å². The molecule has 0 N–H and O–H groups in total. The van der Waals surface area contributed by atoms with E-state index in [1.807, 2.05) is 46.6 Å². The normalized spacial score (nSPS) is 16.1. The monoisotopic (exact) mass is 745 g/mol. The van der Waals surface area contributed by atoms with Crippen molar-refractivity contribution >= 4 is 47.1 Å². The third-order valence-corrected chi connectivity index (χ3v) is 11.5. The molecule has 2 aromatic rings. The van der Waals surface area contributed by atoms with Gasteiger partial charge in [-0.1, -0.05) is 19.9 Å². The van der Waals surface area contributed by atoms with Crippen LogP contribution in [0, 0.1) is 10.1 Å². The van der Waals surface area contributed by atoms with E-state index in [4.69, 9.17) is 23.7 Å². The topological polar surface area (TPSA) is 130 Å². The van der Waals surface area contributed by atoms with E-state index in [-0.39, 0.29) is 39.4 Å². The lowest BCUT2D eigenvalue weighted by molar-refractivity contribution is -0.385. The quantitative estimate of drug-likeness (QED) is 0.0460. The molecule has 4 rings (SSSR count). The van der Waals surface area contributed by atoms with E-state index in [0.29, 0.717) is 63.3 Å². The number of rotatable bonds is 20. The van der Waals surface area contributed by atoms with Gasteiger partial charge < -0.3 is 33.5 Å². The molecule has 1 atom stereocenters. The van der Waals surface area contributed by atoms with Crippen molar-refractivity contribution in [2.45, 2.75) is 63.0 Å². The Morgan fingerprint density at radius 1 is 0.922 bits per heavy atom. The second-order valence-electron chi connectivity index (χ2n) is 12.1. The van der Waals surface area contributed by atoms with Gasteiger partial charge in [-0.2, -0.15) is 0 Å². The van der Waals surface area contributed by atoms with Crippen LogP contribution in [0.1, 0.15) is 68.3 Å². The van der Waals surface area contributed by atoms with Crippen molar-refractivity contribution in [3.05, 3.63) is 57.6 Å². The summed E-state index contributed by atoms with van der Waals surface area (Å²) in [5.41, 5.74) is 0.590. The summed E-state index contributed by atoms with van der Waals surface area (Å²) in [7, 11) is 3.06. The molecule has 2 aliphatic heterocycles. The number of likely N-dealkylation sites (tertiary alicyclic amines) is 1. The molecule has 2 saturated heterocycles. The van der Waals surface area contributed by atoms with E-state index in [2.05, 4.69) is 13.8 Å². The molecule has 2 amide bonds. The van der Waals surface area contributed by atoms with Crippen molar-refractivity contribution in [2.24, 2.45) is 0 Å². The van der Waals surface area contributed by atoms with Crippen LogP contribution in [0.25, 0.3) is 6.08 Å². The molecule has 0 unspecified atom stereocenters. The fraction of sp³-hybridized carbons (Fsp3) is 0.568. The zero-order valence-electron chi connectivity index (χ0n) is 30.1. The Bertz CT molecular complexity index is 1480. The highest BCUT2D eigenvalue weighted by molar-refractivity contribution is 8.17. The fourth-order valence-corrected chi connectivity index (χ4v) is 8.98. The van der Waals surface area contributed by atoms with Gasteiger partial charge in [0.05, 0.1) is 62.3 Å². The second-order valence-corrected chi connectivity index (χ2v) is 15.2. The number of ether oxygens (including phenoxy) is 5. The molecule has 0 radical (unpaired) electrons. The molecular formula is C37H51N3O9S2. The number of morpholine rings is 1. The number of amides is 2. The summed E-state index contributed by atoms with van der Waals surface area (Å²) in [5.74, 6) is 3.27. The van der Waals surface area contributed by atoms with Gasteiger partial charge in [-0.25, -0.2) is 0 Å². The molecule has 0 aromatic heterocycles. The van der Waals surface area contributed by atoms with Crippen LogP contribution < -0.4 is 18.9 Å². The number of benzene rings is 2. The maximum absolute atomic E-state index is 13.8. The van der Waals surface area contributed by atoms with E-state index in [1.54, 1.807) is 24.2 Å². The average Bonchev–Trinajstić information content (AvgIpc) is 3.64. The van der Waals surface area contributed by atoms with Crippen LogP contribution in [0.15, 0.2) is 36.4 Å². The molecule has 0 aliphatic carbocycles. The third kappa shape index (κ3) is 11.4. The summed E-state index contributed by atoms with van der Waals surface area (Å²) in [4.78, 5) is 41.4. The maximum atomic E-state index is 13.8. The lowest BCUT2D eigenvalue weighted by Crippen LogP contribution is -2.41. The molecule has 2 aliphatic rings. The van der Waals surface area contributed by atoms with Gasteiger partial charge in [0.25, 0.3) is 11.6 Å². The first-order valence-corrected chi connectivity index (χ1v) is 19.8. The third-order valence-electron chi connectivity index (χ3n) is 8.73. The van der Waals surface area contributed by atoms with E-state index in [9.17, 15) is 19.7 Å². The molecule has 14 heteroatoms. The van der Waals surface area contributed by atoms with Crippen LogP contribution in [0.4, 0.5) is 5.69 Å². The summed E-state index contributed by atoms with van der Waals surface area (Å²) in [6.45, 7) is 7.96. The first-order valence-electron chi connectivity index (χ1n) is 17.7. The van der Waals surface area contributed by atoms with Gasteiger partial charge in [-0.05, 0) is 73.8 Å². The highest BCUT2D eigenvalue weighted by Gasteiger charge is 2.38. The minimum Gasteiger partial charge on any atom is -0.493 e. The van der Waals surface area contributed by atoms with E-state index in [0.717, 1.165) is 55.6 Å². The summed E-state index contributed by atoms with van der Waals surface area (Å²) < 4.78 is 28.5. The van der Waals surface area contributed by atoms with E-state index in [1.165, 1.54) is 19.2 Å². The lowest BCUT2D eigenvalue weighted by atomic mass is 10.1. The molecular weight excluding hydrogens is 695 g/mol. The van der Waals surface area contributed by atoms with Crippen molar-refractivity contribution < 1.29 is 38.2 Å². The van der Waals surface area contributed by atoms with Gasteiger partial charge >= 0.3 is 0 Å². The average molecular weight is 746 g/mol. The molecule has 280 valence electrons. The second kappa shape index (κ2) is 21.0. The highest BCUT2D eigenvalue weighted by atomic mass is 32.2. The van der Waals surface area contributed by atoms with Crippen molar-refractivity contribution in [3.8, 4) is 23.0 Å². The van der Waals surface area contributed by atoms with Gasteiger partial charge in [0.1, 0.15) is 5.56 Å². The van der Waals surface area contributed by atoms with Gasteiger partial charge in [0.15, 0.2) is 23.0 Å². The Hall–Kier alpha value is -3.62. The molecule has 2 aromatic carbocycles. The Balaban J connectivity index is 1.25. The largest absolute Gasteiger partial charge is 0.493 e. The van der Waals surface area contributed by atoms with Crippen LogP contribution in [0.5, 0.6) is 23.0 Å². The van der Waals surface area contributed by atoms with Crippen molar-refractivity contribution in [2.75, 3.05) is 71.8 Å². The Morgan fingerprint density at radius 3 is 2.20 bits per heavy atom. The van der Waals surface area contributed by atoms with Gasteiger partial charge in [-0.15, -0.1) is 23.5 Å². The zero-order valence-corrected chi connectivity index (χ0v) is 31.8. The molecule has 2 heterocycles. The van der Waals surface area contributed by atoms with Crippen LogP contribution in [0.3, 0.4) is 0 Å². The summed E-state index contributed by atoms with van der Waals surface area (Å²) >= 11 is 3.65. The molecule has 2 fully saturated rings. The number of nitro benzene ring substituents is 1. The fourth-order valence-electron chi connectivity index (χ4n) is 6.11. The number of unbranched alkanes of at least 4 members (excludes halogenated alkanes) is 3. The number of carbonyl (C=O) groups is 2. The van der Waals surface area contributed by atoms with Crippen LogP contribution in [0.2, 0.25) is 0 Å². The van der Waals surface area contributed by atoms with E-state index >= 15 is 0 Å². The first-order chi connectivity index (χ1) is 24.8. The molecule has 12 nitrogen and oxygen atoms in total. The van der Waals surface area contributed by atoms with Gasteiger partial charge in [-0.3, -0.25) is 19.7 Å². The number of thioether (sulfide) groups is 2. The lowest BCUT2D eigenvalue weighted by Gasteiger charge is -2.31. The zero-order chi connectivity index (χ0) is 36.6. The Labute approximate surface area is 309 Å². The number of hydrogen-bond donors (Lipinski definition) is 0. The Kier molecular flexibility index (Phi) is 16.6. The minimum absolute atomic E-state index is 0.0216. The van der Waals surface area contributed by atoms with Gasteiger partial charge in [0.2, 0.25) is 5.91 Å². The van der Waals surface area contributed by atoms with Crippen LogP contribution in [-0.4, -0.2) is 109 Å². The smallest absolute Gasteiger partial charge is 0.286 e. The van der Waals surface area contributed by atoms with Crippen LogP contribution >= 0.6 is 23.5 Å². The predicted molar refractivity (Wildman–Crippen MR) is 203 cm³/mol. The Morgan fingerprint density at radius 2 is 1.57 bits per heavy atom. The highest BCUT2D eigenvalue weighted by Crippen LogP contribution is 2.39. The predicted octanol–water partition coefficient (Wildman–Crippen LogP) is 6.94. The number of methoxy groups -OCH3 is 2. The van der Waals surface area contributed by atoms with Gasteiger partial charge in [0, 0.05) is 31.8 Å². The number of nitro groups is 1.